The molecule has 1 heterocycles. The fourth-order valence-electron chi connectivity index (χ4n) is 1.43. The maximum absolute atomic E-state index is 11.6. The average Bonchev–Trinajstić information content (AvgIpc) is 2.02. The van der Waals surface area contributed by atoms with E-state index in [0.717, 1.165) is 11.3 Å². The van der Waals surface area contributed by atoms with Crippen molar-refractivity contribution in [2.45, 2.75) is 30.6 Å². The van der Waals surface area contributed by atoms with Gasteiger partial charge in [0.15, 0.2) is 5.43 Å². The maximum atomic E-state index is 11.6. The summed E-state index contributed by atoms with van der Waals surface area (Å²) in [6.07, 6.45) is 1.72. The third-order valence-corrected chi connectivity index (χ3v) is 2.63. The SMILES string of the molecule is CC(C)c1c(C(C)I)[nH]ccc1=O. The van der Waals surface area contributed by atoms with E-state index >= 15 is 0 Å². The molecule has 0 fully saturated rings. The molecule has 0 aliphatic carbocycles. The Labute approximate surface area is 91.9 Å². The smallest absolute Gasteiger partial charge is 0.185 e. The zero-order valence-corrected chi connectivity index (χ0v) is 10.3. The van der Waals surface area contributed by atoms with Crippen LogP contribution in [0.4, 0.5) is 0 Å². The summed E-state index contributed by atoms with van der Waals surface area (Å²) in [4.78, 5) is 14.7. The van der Waals surface area contributed by atoms with Crippen LogP contribution in [0.2, 0.25) is 0 Å². The molecule has 0 saturated carbocycles. The summed E-state index contributed by atoms with van der Waals surface area (Å²) < 4.78 is 0.351. The topological polar surface area (TPSA) is 32.9 Å². The molecular formula is C10H14INO. The van der Waals surface area contributed by atoms with Crippen LogP contribution in [-0.4, -0.2) is 4.98 Å². The number of nitrogens with one attached hydrogen (secondary N) is 1. The van der Waals surface area contributed by atoms with Crippen molar-refractivity contribution < 1.29 is 0 Å². The molecule has 2 nitrogen and oxygen atoms in total. The van der Waals surface area contributed by atoms with Crippen molar-refractivity contribution in [2.75, 3.05) is 0 Å². The van der Waals surface area contributed by atoms with Crippen molar-refractivity contribution in [2.24, 2.45) is 0 Å². The Morgan fingerprint density at radius 2 is 2.00 bits per heavy atom. The molecule has 0 saturated heterocycles. The minimum Gasteiger partial charge on any atom is -0.364 e. The molecule has 0 aromatic carbocycles. The highest BCUT2D eigenvalue weighted by molar-refractivity contribution is 14.1. The molecule has 0 amide bonds. The van der Waals surface area contributed by atoms with Gasteiger partial charge in [0.25, 0.3) is 0 Å². The van der Waals surface area contributed by atoms with Gasteiger partial charge < -0.3 is 4.98 Å². The van der Waals surface area contributed by atoms with Crippen LogP contribution in [0.3, 0.4) is 0 Å². The van der Waals surface area contributed by atoms with Crippen LogP contribution in [-0.2, 0) is 0 Å². The molecule has 1 rings (SSSR count). The first-order valence-electron chi connectivity index (χ1n) is 4.39. The molecule has 0 bridgehead atoms. The van der Waals surface area contributed by atoms with Crippen molar-refractivity contribution in [3.05, 3.63) is 33.7 Å². The number of aromatic nitrogens is 1. The molecule has 1 N–H and O–H groups in total. The molecule has 1 unspecified atom stereocenters. The summed E-state index contributed by atoms with van der Waals surface area (Å²) in [6, 6.07) is 1.60. The van der Waals surface area contributed by atoms with Gasteiger partial charge in [0.2, 0.25) is 0 Å². The molecule has 1 aromatic rings. The van der Waals surface area contributed by atoms with Crippen LogP contribution in [0.5, 0.6) is 0 Å². The fraction of sp³-hybridized carbons (Fsp3) is 0.500. The van der Waals surface area contributed by atoms with Gasteiger partial charge in [0, 0.05) is 27.4 Å². The number of halogens is 1. The standard InChI is InChI=1S/C10H14INO/c1-6(2)9-8(13)4-5-12-10(9)7(3)11/h4-7H,1-3H3,(H,12,13). The van der Waals surface area contributed by atoms with Gasteiger partial charge in [-0.25, -0.2) is 0 Å². The van der Waals surface area contributed by atoms with E-state index in [1.165, 1.54) is 0 Å². The molecule has 0 aliphatic rings. The molecule has 0 spiro atoms. The molecule has 13 heavy (non-hydrogen) atoms. The average molecular weight is 291 g/mol. The summed E-state index contributed by atoms with van der Waals surface area (Å²) in [6.45, 7) is 6.18. The fourth-order valence-corrected chi connectivity index (χ4v) is 1.95. The lowest BCUT2D eigenvalue weighted by Crippen LogP contribution is -2.14. The maximum Gasteiger partial charge on any atom is 0.185 e. The van der Waals surface area contributed by atoms with E-state index in [1.54, 1.807) is 12.3 Å². The van der Waals surface area contributed by atoms with E-state index in [-0.39, 0.29) is 11.3 Å². The number of alkyl halides is 1. The Kier molecular flexibility index (Phi) is 3.53. The molecule has 72 valence electrons. The first kappa shape index (κ1) is 10.8. The summed E-state index contributed by atoms with van der Waals surface area (Å²) in [5.41, 5.74) is 2.12. The lowest BCUT2D eigenvalue weighted by molar-refractivity contribution is 0.815. The van der Waals surface area contributed by atoms with Gasteiger partial charge in [-0.05, 0) is 12.8 Å². The van der Waals surface area contributed by atoms with E-state index in [1.807, 2.05) is 13.8 Å². The van der Waals surface area contributed by atoms with Gasteiger partial charge in [-0.15, -0.1) is 0 Å². The first-order chi connectivity index (χ1) is 6.04. The quantitative estimate of drug-likeness (QED) is 0.659. The van der Waals surface area contributed by atoms with Crippen molar-refractivity contribution in [3.8, 4) is 0 Å². The highest BCUT2D eigenvalue weighted by atomic mass is 127. The Bertz CT molecular complexity index is 341. The van der Waals surface area contributed by atoms with E-state index < -0.39 is 0 Å². The van der Waals surface area contributed by atoms with Crippen LogP contribution in [0.1, 0.15) is 41.9 Å². The van der Waals surface area contributed by atoms with Gasteiger partial charge in [-0.2, -0.15) is 0 Å². The Balaban J connectivity index is 3.35. The van der Waals surface area contributed by atoms with Crippen LogP contribution in [0, 0.1) is 0 Å². The number of pyridine rings is 1. The largest absolute Gasteiger partial charge is 0.364 e. The summed E-state index contributed by atoms with van der Waals surface area (Å²) in [7, 11) is 0. The molecule has 1 atom stereocenters. The van der Waals surface area contributed by atoms with Crippen molar-refractivity contribution in [1.82, 2.24) is 4.98 Å². The molecule has 0 radical (unpaired) electrons. The zero-order chi connectivity index (χ0) is 10.0. The lowest BCUT2D eigenvalue weighted by atomic mass is 10.00. The summed E-state index contributed by atoms with van der Waals surface area (Å²) >= 11 is 2.31. The van der Waals surface area contributed by atoms with E-state index in [9.17, 15) is 4.79 Å². The Morgan fingerprint density at radius 1 is 1.38 bits per heavy atom. The predicted octanol–water partition coefficient (Wildman–Crippen LogP) is 2.99. The molecule has 3 heteroatoms. The van der Waals surface area contributed by atoms with Crippen molar-refractivity contribution in [3.63, 3.8) is 0 Å². The van der Waals surface area contributed by atoms with Crippen LogP contribution in [0.15, 0.2) is 17.1 Å². The van der Waals surface area contributed by atoms with Gasteiger partial charge in [-0.1, -0.05) is 36.4 Å². The second-order valence-corrected chi connectivity index (χ2v) is 5.31. The summed E-state index contributed by atoms with van der Waals surface area (Å²) in [5.74, 6) is 0.289. The van der Waals surface area contributed by atoms with E-state index in [2.05, 4.69) is 34.5 Å². The number of H-pyrrole nitrogens is 1. The molecule has 1 aromatic heterocycles. The summed E-state index contributed by atoms with van der Waals surface area (Å²) in [5, 5.41) is 0. The van der Waals surface area contributed by atoms with Gasteiger partial charge in [0.1, 0.15) is 0 Å². The van der Waals surface area contributed by atoms with Crippen LogP contribution >= 0.6 is 22.6 Å². The minimum atomic E-state index is 0.146. The lowest BCUT2D eigenvalue weighted by Gasteiger charge is -2.12. The molecular weight excluding hydrogens is 277 g/mol. The first-order valence-corrected chi connectivity index (χ1v) is 5.64. The predicted molar refractivity (Wildman–Crippen MR) is 63.6 cm³/mol. The number of rotatable bonds is 2. The zero-order valence-electron chi connectivity index (χ0n) is 8.10. The third-order valence-electron chi connectivity index (χ3n) is 2.00. The Hall–Kier alpha value is -0.320. The van der Waals surface area contributed by atoms with E-state index in [4.69, 9.17) is 0 Å². The second kappa shape index (κ2) is 4.26. The van der Waals surface area contributed by atoms with Gasteiger partial charge >= 0.3 is 0 Å². The van der Waals surface area contributed by atoms with Crippen LogP contribution in [0.25, 0.3) is 0 Å². The van der Waals surface area contributed by atoms with Crippen molar-refractivity contribution >= 4 is 22.6 Å². The van der Waals surface area contributed by atoms with E-state index in [0.29, 0.717) is 3.92 Å². The Morgan fingerprint density at radius 3 is 2.38 bits per heavy atom. The van der Waals surface area contributed by atoms with Crippen molar-refractivity contribution in [1.29, 1.82) is 0 Å². The number of hydrogen-bond acceptors (Lipinski definition) is 1. The monoisotopic (exact) mass is 291 g/mol. The van der Waals surface area contributed by atoms with Gasteiger partial charge in [-0.3, -0.25) is 4.79 Å². The highest BCUT2D eigenvalue weighted by Gasteiger charge is 2.13. The van der Waals surface area contributed by atoms with Gasteiger partial charge in [0.05, 0.1) is 0 Å². The highest BCUT2D eigenvalue weighted by Crippen LogP contribution is 2.25. The third kappa shape index (κ3) is 2.33. The number of hydrogen-bond donors (Lipinski definition) is 1. The number of aromatic amines is 1. The minimum absolute atomic E-state index is 0.146. The molecule has 0 aliphatic heterocycles. The normalized spacial score (nSPS) is 13.3. The second-order valence-electron chi connectivity index (χ2n) is 3.44. The van der Waals surface area contributed by atoms with Crippen LogP contribution < -0.4 is 5.43 Å².